The fourth-order valence-corrected chi connectivity index (χ4v) is 2.05. The maximum Gasteiger partial charge on any atom is 0.303 e. The van der Waals surface area contributed by atoms with E-state index in [-0.39, 0.29) is 25.0 Å². The van der Waals surface area contributed by atoms with E-state index >= 15 is 0 Å². The van der Waals surface area contributed by atoms with Crippen LogP contribution in [0, 0.1) is 0 Å². The van der Waals surface area contributed by atoms with Crippen LogP contribution < -0.4 is 0 Å². The molecule has 0 aromatic carbocycles. The molecule has 0 radical (unpaired) electrons. The molecule has 18 heavy (non-hydrogen) atoms. The average molecular weight is 258 g/mol. The summed E-state index contributed by atoms with van der Waals surface area (Å²) in [7, 11) is 3.98. The first-order chi connectivity index (χ1) is 8.50. The zero-order valence-electron chi connectivity index (χ0n) is 11.1. The van der Waals surface area contributed by atoms with Crippen molar-refractivity contribution < 1.29 is 19.4 Å². The maximum absolute atomic E-state index is 11.8. The fraction of sp³-hybridized carbons (Fsp3) is 0.833. The number of hydrogen-bond acceptors (Lipinski definition) is 4. The summed E-state index contributed by atoms with van der Waals surface area (Å²) in [6, 6.07) is -0.0930. The number of amides is 1. The monoisotopic (exact) mass is 258 g/mol. The van der Waals surface area contributed by atoms with Gasteiger partial charge >= 0.3 is 5.97 Å². The average Bonchev–Trinajstić information content (AvgIpc) is 2.28. The highest BCUT2D eigenvalue weighted by Gasteiger charge is 2.28. The highest BCUT2D eigenvalue weighted by Crippen LogP contribution is 2.14. The topological polar surface area (TPSA) is 70.1 Å². The van der Waals surface area contributed by atoms with E-state index in [1.165, 1.54) is 0 Å². The normalized spacial score (nSPS) is 20.5. The molecule has 1 fully saturated rings. The molecule has 6 nitrogen and oxygen atoms in total. The summed E-state index contributed by atoms with van der Waals surface area (Å²) < 4.78 is 5.19. The van der Waals surface area contributed by atoms with Crippen LogP contribution in [-0.4, -0.2) is 73.2 Å². The van der Waals surface area contributed by atoms with E-state index in [9.17, 15) is 9.59 Å². The van der Waals surface area contributed by atoms with Crippen LogP contribution in [0.4, 0.5) is 0 Å². The molecule has 0 aromatic rings. The second-order valence-electron chi connectivity index (χ2n) is 4.85. The van der Waals surface area contributed by atoms with Gasteiger partial charge in [-0.05, 0) is 33.5 Å². The largest absolute Gasteiger partial charge is 0.481 e. The van der Waals surface area contributed by atoms with Crippen LogP contribution in [0.25, 0.3) is 0 Å². The van der Waals surface area contributed by atoms with E-state index in [1.54, 1.807) is 4.90 Å². The number of aliphatic carboxylic acids is 1. The third kappa shape index (κ3) is 5.01. The van der Waals surface area contributed by atoms with Gasteiger partial charge in [-0.15, -0.1) is 0 Å². The Hall–Kier alpha value is -1.14. The van der Waals surface area contributed by atoms with Gasteiger partial charge in [-0.3, -0.25) is 9.59 Å². The number of carbonyl (C=O) groups excluding carboxylic acids is 1. The number of nitrogens with zero attached hydrogens (tertiary/aromatic N) is 2. The Bertz CT molecular complexity index is 294. The smallest absolute Gasteiger partial charge is 0.303 e. The lowest BCUT2D eigenvalue weighted by Gasteiger charge is -2.35. The van der Waals surface area contributed by atoms with E-state index in [1.807, 2.05) is 14.1 Å². The van der Waals surface area contributed by atoms with Crippen molar-refractivity contribution in [3.8, 4) is 0 Å². The van der Waals surface area contributed by atoms with Crippen LogP contribution >= 0.6 is 0 Å². The number of carbonyl (C=O) groups is 2. The Labute approximate surface area is 107 Å². The van der Waals surface area contributed by atoms with Gasteiger partial charge in [-0.25, -0.2) is 0 Å². The van der Waals surface area contributed by atoms with E-state index in [2.05, 4.69) is 4.90 Å². The van der Waals surface area contributed by atoms with Gasteiger partial charge in [-0.2, -0.15) is 0 Å². The summed E-state index contributed by atoms with van der Waals surface area (Å²) >= 11 is 0. The van der Waals surface area contributed by atoms with Gasteiger partial charge in [0, 0.05) is 13.0 Å². The van der Waals surface area contributed by atoms with Gasteiger partial charge in [0.25, 0.3) is 0 Å². The number of ether oxygens (including phenoxy) is 1. The maximum atomic E-state index is 11.8. The molecular weight excluding hydrogens is 236 g/mol. The summed E-state index contributed by atoms with van der Waals surface area (Å²) in [4.78, 5) is 26.2. The van der Waals surface area contributed by atoms with E-state index in [0.29, 0.717) is 19.6 Å². The van der Waals surface area contributed by atoms with E-state index in [4.69, 9.17) is 9.84 Å². The van der Waals surface area contributed by atoms with E-state index < -0.39 is 5.97 Å². The van der Waals surface area contributed by atoms with Crippen molar-refractivity contribution >= 4 is 11.9 Å². The summed E-state index contributed by atoms with van der Waals surface area (Å²) in [5.74, 6) is -0.864. The Morgan fingerprint density at radius 2 is 2.28 bits per heavy atom. The molecular formula is C12H22N2O4. The van der Waals surface area contributed by atoms with Crippen LogP contribution in [0.15, 0.2) is 0 Å². The van der Waals surface area contributed by atoms with Crippen LogP contribution in [0.2, 0.25) is 0 Å². The van der Waals surface area contributed by atoms with Gasteiger partial charge in [0.05, 0.1) is 12.6 Å². The van der Waals surface area contributed by atoms with Gasteiger partial charge in [-0.1, -0.05) is 0 Å². The second-order valence-corrected chi connectivity index (χ2v) is 4.85. The highest BCUT2D eigenvalue weighted by molar-refractivity contribution is 5.78. The summed E-state index contributed by atoms with van der Waals surface area (Å²) in [5, 5.41) is 8.69. The van der Waals surface area contributed by atoms with Gasteiger partial charge in [0.2, 0.25) is 5.91 Å². The van der Waals surface area contributed by atoms with Crippen molar-refractivity contribution in [1.29, 1.82) is 0 Å². The second kappa shape index (κ2) is 7.33. The van der Waals surface area contributed by atoms with Gasteiger partial charge in [0.15, 0.2) is 0 Å². The SMILES string of the molecule is CN(C)CCCN1C(=O)COCC1CCC(=O)O. The number of carboxylic acid groups (broad SMARTS) is 1. The van der Waals surface area contributed by atoms with Crippen LogP contribution in [0.3, 0.4) is 0 Å². The molecule has 0 spiro atoms. The summed E-state index contributed by atoms with van der Waals surface area (Å²) in [5.41, 5.74) is 0. The number of morpholine rings is 1. The molecule has 1 atom stereocenters. The molecule has 1 amide bonds. The van der Waals surface area contributed by atoms with Crippen LogP contribution in [-0.2, 0) is 14.3 Å². The molecule has 104 valence electrons. The molecule has 0 aromatic heterocycles. The Balaban J connectivity index is 2.45. The predicted octanol–water partition coefficient (Wildman–Crippen LogP) is 0.0303. The summed E-state index contributed by atoms with van der Waals surface area (Å²) in [6.45, 7) is 2.15. The molecule has 6 heteroatoms. The number of rotatable bonds is 7. The standard InChI is InChI=1S/C12H22N2O4/c1-13(2)6-3-7-14-10(4-5-12(16)17)8-18-9-11(14)15/h10H,3-9H2,1-2H3,(H,16,17). The van der Waals surface area contributed by atoms with Crippen molar-refractivity contribution in [2.75, 3.05) is 40.4 Å². The molecule has 0 bridgehead atoms. The third-order valence-corrected chi connectivity index (χ3v) is 2.99. The zero-order chi connectivity index (χ0) is 13.5. The lowest BCUT2D eigenvalue weighted by atomic mass is 10.1. The Morgan fingerprint density at radius 1 is 1.56 bits per heavy atom. The Morgan fingerprint density at radius 3 is 2.89 bits per heavy atom. The lowest BCUT2D eigenvalue weighted by molar-refractivity contribution is -0.150. The summed E-state index contributed by atoms with van der Waals surface area (Å²) in [6.07, 6.45) is 1.43. The van der Waals surface area contributed by atoms with Gasteiger partial charge in [0.1, 0.15) is 6.61 Å². The fourth-order valence-electron chi connectivity index (χ4n) is 2.05. The van der Waals surface area contributed by atoms with E-state index in [0.717, 1.165) is 13.0 Å². The first-order valence-corrected chi connectivity index (χ1v) is 6.24. The first-order valence-electron chi connectivity index (χ1n) is 6.24. The Kier molecular flexibility index (Phi) is 6.07. The minimum absolute atomic E-state index is 0.0320. The first kappa shape index (κ1) is 14.9. The quantitative estimate of drug-likeness (QED) is 0.697. The number of carboxylic acids is 1. The molecule has 0 saturated carbocycles. The van der Waals surface area contributed by atoms with Crippen molar-refractivity contribution in [1.82, 2.24) is 9.80 Å². The minimum Gasteiger partial charge on any atom is -0.481 e. The molecule has 1 heterocycles. The third-order valence-electron chi connectivity index (χ3n) is 2.99. The lowest BCUT2D eigenvalue weighted by Crippen LogP contribution is -2.50. The van der Waals surface area contributed by atoms with Crippen LogP contribution in [0.5, 0.6) is 0 Å². The van der Waals surface area contributed by atoms with Crippen LogP contribution in [0.1, 0.15) is 19.3 Å². The molecule has 1 N–H and O–H groups in total. The number of hydrogen-bond donors (Lipinski definition) is 1. The molecule has 0 aliphatic carbocycles. The van der Waals surface area contributed by atoms with Crippen molar-refractivity contribution in [2.24, 2.45) is 0 Å². The molecule has 1 unspecified atom stereocenters. The molecule has 1 saturated heterocycles. The molecule has 1 aliphatic heterocycles. The van der Waals surface area contributed by atoms with Crippen molar-refractivity contribution in [3.05, 3.63) is 0 Å². The minimum atomic E-state index is -0.832. The van der Waals surface area contributed by atoms with Crippen molar-refractivity contribution in [3.63, 3.8) is 0 Å². The molecule has 1 rings (SSSR count). The highest BCUT2D eigenvalue weighted by atomic mass is 16.5. The molecule has 1 aliphatic rings. The van der Waals surface area contributed by atoms with Crippen molar-refractivity contribution in [2.45, 2.75) is 25.3 Å². The zero-order valence-corrected chi connectivity index (χ0v) is 11.1. The predicted molar refractivity (Wildman–Crippen MR) is 66.4 cm³/mol. The van der Waals surface area contributed by atoms with Gasteiger partial charge < -0.3 is 19.6 Å².